The molecule has 1 fully saturated rings. The number of carbonyl (C=O) groups excluding carboxylic acids is 3. The van der Waals surface area contributed by atoms with Gasteiger partial charge in [0.25, 0.3) is 0 Å². The van der Waals surface area contributed by atoms with E-state index in [1.807, 2.05) is 12.1 Å². The average Bonchev–Trinajstić information content (AvgIpc) is 3.05. The van der Waals surface area contributed by atoms with Crippen molar-refractivity contribution in [3.8, 4) is 12.1 Å². The molecule has 0 radical (unpaired) electrons. The molecule has 1 N–H and O–H groups in total. The number of benzene rings is 1. The summed E-state index contributed by atoms with van der Waals surface area (Å²) in [5.74, 6) is -3.89. The topological polar surface area (TPSA) is 139 Å². The van der Waals surface area contributed by atoms with Gasteiger partial charge >= 0.3 is 17.9 Å². The minimum absolute atomic E-state index is 0.0265. The molecule has 0 bridgehead atoms. The Hall–Kier alpha value is -3.14. The van der Waals surface area contributed by atoms with Gasteiger partial charge in [0.1, 0.15) is 6.04 Å². The minimum atomic E-state index is -2.21. The van der Waals surface area contributed by atoms with Crippen molar-refractivity contribution in [3.63, 3.8) is 0 Å². The summed E-state index contributed by atoms with van der Waals surface area (Å²) in [5.41, 5.74) is -4.01. The molecular formula is C20H20ClN3O6. The fourth-order valence-electron chi connectivity index (χ4n) is 3.82. The highest BCUT2D eigenvalue weighted by Crippen LogP contribution is 2.54. The van der Waals surface area contributed by atoms with Gasteiger partial charge in [-0.1, -0.05) is 23.7 Å². The summed E-state index contributed by atoms with van der Waals surface area (Å²) in [6.07, 6.45) is -0.711. The molecule has 0 aromatic heterocycles. The third kappa shape index (κ3) is 3.58. The van der Waals surface area contributed by atoms with Gasteiger partial charge in [-0.2, -0.15) is 10.5 Å². The second kappa shape index (κ2) is 9.12. The van der Waals surface area contributed by atoms with Gasteiger partial charge in [-0.05, 0) is 24.6 Å². The molecule has 0 saturated carbocycles. The van der Waals surface area contributed by atoms with Crippen LogP contribution in [0.1, 0.15) is 24.8 Å². The highest BCUT2D eigenvalue weighted by atomic mass is 35.5. The van der Waals surface area contributed by atoms with Gasteiger partial charge < -0.3 is 14.2 Å². The van der Waals surface area contributed by atoms with Crippen LogP contribution in [0.4, 0.5) is 0 Å². The number of nitriles is 2. The van der Waals surface area contributed by atoms with Gasteiger partial charge in [0, 0.05) is 10.9 Å². The number of esters is 3. The highest BCUT2D eigenvalue weighted by molar-refractivity contribution is 6.30. The molecule has 3 atom stereocenters. The Morgan fingerprint density at radius 3 is 2.20 bits per heavy atom. The standard InChI is InChI=1S/C20H20ClN3O6/c1-4-30-17(26)16-15(12-5-7-13(21)8-6-12)19(10-22,11-23)20(24-16,18(27)29-3)9-14(25)28-2/h5-8,15-16,24H,4,9H2,1-3H3/t15-,16+,20-/m0/s1. The largest absolute Gasteiger partial charge is 0.469 e. The number of nitrogens with one attached hydrogen (secondary N) is 1. The van der Waals surface area contributed by atoms with Crippen LogP contribution in [-0.2, 0) is 28.6 Å². The van der Waals surface area contributed by atoms with E-state index in [1.54, 1.807) is 6.92 Å². The van der Waals surface area contributed by atoms with Crippen LogP contribution < -0.4 is 5.32 Å². The van der Waals surface area contributed by atoms with Crippen LogP contribution in [0.2, 0.25) is 5.02 Å². The number of carbonyl (C=O) groups is 3. The lowest BCUT2D eigenvalue weighted by Gasteiger charge is -2.35. The van der Waals surface area contributed by atoms with Gasteiger partial charge in [0.05, 0.1) is 39.4 Å². The van der Waals surface area contributed by atoms with E-state index < -0.39 is 47.2 Å². The summed E-state index contributed by atoms with van der Waals surface area (Å²) in [7, 11) is 2.15. The van der Waals surface area contributed by atoms with Gasteiger partial charge in [0.2, 0.25) is 0 Å². The Kier molecular flexibility index (Phi) is 7.04. The van der Waals surface area contributed by atoms with E-state index in [1.165, 1.54) is 24.3 Å². The Bertz CT molecular complexity index is 906. The molecule has 1 aromatic rings. The van der Waals surface area contributed by atoms with Gasteiger partial charge in [-0.15, -0.1) is 0 Å². The Labute approximate surface area is 178 Å². The second-order valence-electron chi connectivity index (χ2n) is 6.58. The molecule has 0 unspecified atom stereocenters. The van der Waals surface area contributed by atoms with Gasteiger partial charge in [-0.25, -0.2) is 4.79 Å². The van der Waals surface area contributed by atoms with Crippen molar-refractivity contribution >= 4 is 29.5 Å². The average molecular weight is 434 g/mol. The smallest absolute Gasteiger partial charge is 0.329 e. The van der Waals surface area contributed by atoms with Gasteiger partial charge in [-0.3, -0.25) is 14.9 Å². The molecule has 1 aromatic carbocycles. The fraction of sp³-hybridized carbons (Fsp3) is 0.450. The number of hydrogen-bond donors (Lipinski definition) is 1. The maximum absolute atomic E-state index is 12.9. The van der Waals surface area contributed by atoms with Crippen LogP contribution in [0.15, 0.2) is 24.3 Å². The molecule has 158 valence electrons. The lowest BCUT2D eigenvalue weighted by molar-refractivity contribution is -0.157. The normalized spacial score (nSPS) is 24.2. The van der Waals surface area contributed by atoms with Crippen LogP contribution >= 0.6 is 11.6 Å². The summed E-state index contributed by atoms with van der Waals surface area (Å²) < 4.78 is 14.6. The first kappa shape index (κ1) is 23.1. The minimum Gasteiger partial charge on any atom is -0.469 e. The van der Waals surface area contributed by atoms with Crippen LogP contribution in [-0.4, -0.2) is 50.3 Å². The van der Waals surface area contributed by atoms with Crippen molar-refractivity contribution in [2.75, 3.05) is 20.8 Å². The molecular weight excluding hydrogens is 414 g/mol. The zero-order chi connectivity index (χ0) is 22.5. The molecule has 0 aliphatic carbocycles. The molecule has 1 saturated heterocycles. The summed E-state index contributed by atoms with van der Waals surface area (Å²) in [4.78, 5) is 37.9. The monoisotopic (exact) mass is 433 g/mol. The van der Waals surface area contributed by atoms with Crippen LogP contribution in [0.25, 0.3) is 0 Å². The van der Waals surface area contributed by atoms with Crippen LogP contribution in [0.3, 0.4) is 0 Å². The van der Waals surface area contributed by atoms with Crippen molar-refractivity contribution in [2.24, 2.45) is 5.41 Å². The van der Waals surface area contributed by atoms with E-state index in [0.29, 0.717) is 10.6 Å². The molecule has 1 aliphatic heterocycles. The highest BCUT2D eigenvalue weighted by Gasteiger charge is 2.72. The van der Waals surface area contributed by atoms with Crippen molar-refractivity contribution in [3.05, 3.63) is 34.9 Å². The second-order valence-corrected chi connectivity index (χ2v) is 7.02. The zero-order valence-corrected chi connectivity index (χ0v) is 17.4. The van der Waals surface area contributed by atoms with Crippen LogP contribution in [0, 0.1) is 28.1 Å². The summed E-state index contributed by atoms with van der Waals surface area (Å²) in [5, 5.41) is 23.4. The third-order valence-corrected chi connectivity index (χ3v) is 5.42. The molecule has 9 nitrogen and oxygen atoms in total. The number of nitrogens with zero attached hydrogens (tertiary/aromatic N) is 2. The van der Waals surface area contributed by atoms with E-state index in [-0.39, 0.29) is 6.61 Å². The SMILES string of the molecule is CCOC(=O)[C@@H]1N[C@@](CC(=O)OC)(C(=O)OC)C(C#N)(C#N)[C@H]1c1ccc(Cl)cc1. The summed E-state index contributed by atoms with van der Waals surface area (Å²) in [6, 6.07) is 8.59. The van der Waals surface area contributed by atoms with Crippen LogP contribution in [0.5, 0.6) is 0 Å². The van der Waals surface area contributed by atoms with Crippen molar-refractivity contribution in [2.45, 2.75) is 30.8 Å². The molecule has 0 spiro atoms. The predicted molar refractivity (Wildman–Crippen MR) is 103 cm³/mol. The number of rotatable bonds is 6. The first-order chi connectivity index (χ1) is 14.3. The van der Waals surface area contributed by atoms with E-state index in [9.17, 15) is 24.9 Å². The first-order valence-corrected chi connectivity index (χ1v) is 9.32. The lowest BCUT2D eigenvalue weighted by Crippen LogP contribution is -2.60. The molecule has 1 heterocycles. The quantitative estimate of drug-likeness (QED) is 0.521. The Morgan fingerprint density at radius 2 is 1.73 bits per heavy atom. The summed E-state index contributed by atoms with van der Waals surface area (Å²) >= 11 is 5.95. The number of ether oxygens (including phenoxy) is 3. The first-order valence-electron chi connectivity index (χ1n) is 8.94. The van der Waals surface area contributed by atoms with E-state index >= 15 is 0 Å². The van der Waals surface area contributed by atoms with Gasteiger partial charge in [0.15, 0.2) is 11.0 Å². The van der Waals surface area contributed by atoms with Crippen molar-refractivity contribution < 1.29 is 28.6 Å². The molecule has 1 aliphatic rings. The molecule has 30 heavy (non-hydrogen) atoms. The third-order valence-electron chi connectivity index (χ3n) is 5.17. The fourth-order valence-corrected chi connectivity index (χ4v) is 3.94. The maximum atomic E-state index is 12.9. The number of hydrogen-bond acceptors (Lipinski definition) is 9. The number of methoxy groups -OCH3 is 2. The van der Waals surface area contributed by atoms with Crippen molar-refractivity contribution in [1.82, 2.24) is 5.32 Å². The van der Waals surface area contributed by atoms with E-state index in [4.69, 9.17) is 21.1 Å². The maximum Gasteiger partial charge on any atom is 0.329 e. The molecule has 2 rings (SSSR count). The predicted octanol–water partition coefficient (Wildman–Crippen LogP) is 1.47. The lowest BCUT2D eigenvalue weighted by atomic mass is 9.62. The molecule has 0 amide bonds. The van der Waals surface area contributed by atoms with E-state index in [2.05, 4.69) is 10.1 Å². The van der Waals surface area contributed by atoms with Crippen molar-refractivity contribution in [1.29, 1.82) is 10.5 Å². The zero-order valence-electron chi connectivity index (χ0n) is 16.6. The Balaban J connectivity index is 2.83. The number of halogens is 1. The van der Waals surface area contributed by atoms with E-state index in [0.717, 1.165) is 14.2 Å². The summed E-state index contributed by atoms with van der Waals surface area (Å²) in [6.45, 7) is 1.62. The molecule has 10 heteroatoms. The Morgan fingerprint density at radius 1 is 1.13 bits per heavy atom.